The molecule has 2 fully saturated rings. The fraction of sp³-hybridized carbons (Fsp3) is 0.562. The highest BCUT2D eigenvalue weighted by Gasteiger charge is 2.50. The average Bonchev–Trinajstić information content (AvgIpc) is 2.79. The van der Waals surface area contributed by atoms with Crippen LogP contribution in [0, 0.1) is 11.3 Å². The zero-order valence-electron chi connectivity index (χ0n) is 11.6. The van der Waals surface area contributed by atoms with E-state index in [0.717, 1.165) is 37.4 Å². The minimum atomic E-state index is -0.604. The Morgan fingerprint density at radius 3 is 2.65 bits per heavy atom. The molecule has 2 heterocycles. The van der Waals surface area contributed by atoms with E-state index in [1.807, 2.05) is 30.0 Å². The van der Waals surface area contributed by atoms with Crippen molar-refractivity contribution in [3.05, 3.63) is 35.9 Å². The van der Waals surface area contributed by atoms with E-state index < -0.39 is 5.97 Å². The number of rotatable bonds is 3. The van der Waals surface area contributed by atoms with Gasteiger partial charge < -0.3 is 5.11 Å². The number of hydrogen-bond acceptors (Lipinski definition) is 3. The Hall–Kier alpha value is -1.00. The summed E-state index contributed by atoms with van der Waals surface area (Å²) in [6.07, 6.45) is 2.11. The number of aliphatic carboxylic acids is 1. The lowest BCUT2D eigenvalue weighted by Gasteiger charge is -2.36. The van der Waals surface area contributed by atoms with Crippen molar-refractivity contribution in [1.29, 1.82) is 0 Å². The Kier molecular flexibility index (Phi) is 4.03. The summed E-state index contributed by atoms with van der Waals surface area (Å²) in [6, 6.07) is 10.4. The van der Waals surface area contributed by atoms with E-state index in [9.17, 15) is 9.90 Å². The van der Waals surface area contributed by atoms with Gasteiger partial charge in [0.25, 0.3) is 0 Å². The van der Waals surface area contributed by atoms with Crippen LogP contribution in [0.1, 0.15) is 18.4 Å². The molecule has 2 aliphatic rings. The standard InChI is InChI=1S/C16H21NO2S/c18-15(19)14-11-17(10-13-4-2-1-3-5-13)12-16(14)6-8-20-9-7-16/h1-5,14H,6-12H2,(H,18,19). The third kappa shape index (κ3) is 2.72. The average molecular weight is 291 g/mol. The summed E-state index contributed by atoms with van der Waals surface area (Å²) in [5, 5.41) is 9.58. The second-order valence-electron chi connectivity index (χ2n) is 6.02. The van der Waals surface area contributed by atoms with Gasteiger partial charge in [-0.3, -0.25) is 9.69 Å². The van der Waals surface area contributed by atoms with Gasteiger partial charge in [-0.1, -0.05) is 30.3 Å². The lowest BCUT2D eigenvalue weighted by molar-refractivity contribution is -0.145. The molecular weight excluding hydrogens is 270 g/mol. The van der Waals surface area contributed by atoms with Crippen LogP contribution >= 0.6 is 11.8 Å². The maximum Gasteiger partial charge on any atom is 0.308 e. The van der Waals surface area contributed by atoms with Crippen LogP contribution in [0.15, 0.2) is 30.3 Å². The number of nitrogens with zero attached hydrogens (tertiary/aromatic N) is 1. The van der Waals surface area contributed by atoms with Gasteiger partial charge in [-0.05, 0) is 35.3 Å². The van der Waals surface area contributed by atoms with E-state index in [-0.39, 0.29) is 11.3 Å². The van der Waals surface area contributed by atoms with Crippen LogP contribution in [0.4, 0.5) is 0 Å². The number of carboxylic acid groups (broad SMARTS) is 1. The molecule has 0 aromatic heterocycles. The monoisotopic (exact) mass is 291 g/mol. The van der Waals surface area contributed by atoms with Gasteiger partial charge in [0.2, 0.25) is 0 Å². The van der Waals surface area contributed by atoms with Gasteiger partial charge in [0.15, 0.2) is 0 Å². The van der Waals surface area contributed by atoms with Crippen molar-refractivity contribution in [2.45, 2.75) is 19.4 Å². The fourth-order valence-corrected chi connectivity index (χ4v) is 4.96. The third-order valence-corrected chi connectivity index (χ3v) is 5.74. The zero-order valence-corrected chi connectivity index (χ0v) is 12.4. The van der Waals surface area contributed by atoms with Crippen molar-refractivity contribution in [3.8, 4) is 0 Å². The van der Waals surface area contributed by atoms with Crippen molar-refractivity contribution >= 4 is 17.7 Å². The van der Waals surface area contributed by atoms with Crippen molar-refractivity contribution in [3.63, 3.8) is 0 Å². The lowest BCUT2D eigenvalue weighted by Crippen LogP contribution is -2.38. The Morgan fingerprint density at radius 2 is 2.00 bits per heavy atom. The molecule has 2 aliphatic heterocycles. The zero-order chi connectivity index (χ0) is 14.0. The molecule has 3 rings (SSSR count). The first-order valence-corrected chi connectivity index (χ1v) is 8.42. The number of benzene rings is 1. The van der Waals surface area contributed by atoms with E-state index in [1.165, 1.54) is 5.56 Å². The number of thioether (sulfide) groups is 1. The summed E-state index contributed by atoms with van der Waals surface area (Å²) < 4.78 is 0. The quantitative estimate of drug-likeness (QED) is 0.929. The van der Waals surface area contributed by atoms with Gasteiger partial charge in [-0.15, -0.1) is 0 Å². The summed E-state index contributed by atoms with van der Waals surface area (Å²) in [4.78, 5) is 14.0. The molecule has 1 spiro atoms. The molecule has 0 bridgehead atoms. The highest BCUT2D eigenvalue weighted by Crippen LogP contribution is 2.46. The molecule has 3 nitrogen and oxygen atoms in total. The molecular formula is C16H21NO2S. The number of carboxylic acids is 1. The lowest BCUT2D eigenvalue weighted by atomic mass is 9.73. The summed E-state index contributed by atoms with van der Waals surface area (Å²) in [7, 11) is 0. The molecule has 0 radical (unpaired) electrons. The summed E-state index contributed by atoms with van der Waals surface area (Å²) in [5.41, 5.74) is 1.30. The molecule has 0 saturated carbocycles. The van der Waals surface area contributed by atoms with Crippen molar-refractivity contribution in [2.24, 2.45) is 11.3 Å². The molecule has 1 aromatic rings. The van der Waals surface area contributed by atoms with Gasteiger partial charge in [-0.2, -0.15) is 11.8 Å². The fourth-order valence-electron chi connectivity index (χ4n) is 3.66. The third-order valence-electron chi connectivity index (χ3n) is 4.75. The molecule has 1 atom stereocenters. The largest absolute Gasteiger partial charge is 0.481 e. The number of likely N-dealkylation sites (tertiary alicyclic amines) is 1. The van der Waals surface area contributed by atoms with Gasteiger partial charge in [0.1, 0.15) is 0 Å². The first kappa shape index (κ1) is 14.0. The second-order valence-corrected chi connectivity index (χ2v) is 7.25. The number of hydrogen-bond donors (Lipinski definition) is 1. The Labute approximate surface area is 124 Å². The van der Waals surface area contributed by atoms with Gasteiger partial charge >= 0.3 is 5.97 Å². The first-order valence-electron chi connectivity index (χ1n) is 7.26. The smallest absolute Gasteiger partial charge is 0.308 e. The van der Waals surface area contributed by atoms with E-state index in [2.05, 4.69) is 17.0 Å². The van der Waals surface area contributed by atoms with Crippen LogP contribution in [0.2, 0.25) is 0 Å². The predicted octanol–water partition coefficient (Wildman–Crippen LogP) is 2.72. The molecule has 0 aliphatic carbocycles. The highest BCUT2D eigenvalue weighted by atomic mass is 32.2. The van der Waals surface area contributed by atoms with Gasteiger partial charge in [-0.25, -0.2) is 0 Å². The second kappa shape index (κ2) is 5.78. The van der Waals surface area contributed by atoms with Crippen molar-refractivity contribution < 1.29 is 9.90 Å². The van der Waals surface area contributed by atoms with E-state index in [4.69, 9.17) is 0 Å². The Morgan fingerprint density at radius 1 is 1.30 bits per heavy atom. The van der Waals surface area contributed by atoms with E-state index in [0.29, 0.717) is 6.54 Å². The molecule has 0 amide bonds. The van der Waals surface area contributed by atoms with Crippen molar-refractivity contribution in [2.75, 3.05) is 24.6 Å². The van der Waals surface area contributed by atoms with Gasteiger partial charge in [0.05, 0.1) is 5.92 Å². The predicted molar refractivity (Wildman–Crippen MR) is 81.8 cm³/mol. The molecule has 20 heavy (non-hydrogen) atoms. The molecule has 1 unspecified atom stereocenters. The van der Waals surface area contributed by atoms with Crippen LogP contribution in [0.5, 0.6) is 0 Å². The minimum absolute atomic E-state index is 0.0197. The van der Waals surface area contributed by atoms with Crippen LogP contribution in [-0.2, 0) is 11.3 Å². The topological polar surface area (TPSA) is 40.5 Å². The molecule has 1 aromatic carbocycles. The molecule has 1 N–H and O–H groups in total. The highest BCUT2D eigenvalue weighted by molar-refractivity contribution is 7.99. The number of carbonyl (C=O) groups is 1. The molecule has 2 saturated heterocycles. The molecule has 4 heteroatoms. The van der Waals surface area contributed by atoms with E-state index in [1.54, 1.807) is 0 Å². The van der Waals surface area contributed by atoms with Crippen LogP contribution in [-0.4, -0.2) is 40.6 Å². The van der Waals surface area contributed by atoms with Gasteiger partial charge in [0, 0.05) is 19.6 Å². The maximum absolute atomic E-state index is 11.6. The maximum atomic E-state index is 11.6. The summed E-state index contributed by atoms with van der Waals surface area (Å²) in [5.74, 6) is 1.44. The van der Waals surface area contributed by atoms with Crippen LogP contribution in [0.25, 0.3) is 0 Å². The van der Waals surface area contributed by atoms with Crippen LogP contribution in [0.3, 0.4) is 0 Å². The summed E-state index contributed by atoms with van der Waals surface area (Å²) >= 11 is 1.96. The minimum Gasteiger partial charge on any atom is -0.481 e. The Balaban J connectivity index is 1.74. The van der Waals surface area contributed by atoms with E-state index >= 15 is 0 Å². The summed E-state index contributed by atoms with van der Waals surface area (Å²) in [6.45, 7) is 2.52. The SMILES string of the molecule is O=C(O)C1CN(Cc2ccccc2)CC12CCSCC2. The molecule has 108 valence electrons. The van der Waals surface area contributed by atoms with Crippen molar-refractivity contribution in [1.82, 2.24) is 4.90 Å². The normalized spacial score (nSPS) is 25.9. The first-order chi connectivity index (χ1) is 9.70. The van der Waals surface area contributed by atoms with Crippen LogP contribution < -0.4 is 0 Å². The Bertz CT molecular complexity index is 471.